The molecule has 3 saturated heterocycles. The zero-order valence-electron chi connectivity index (χ0n) is 15.7. The minimum absolute atomic E-state index is 0.209. The quantitative estimate of drug-likeness (QED) is 0.750. The van der Waals surface area contributed by atoms with Crippen LogP contribution in [-0.4, -0.2) is 86.0 Å². The van der Waals surface area contributed by atoms with Gasteiger partial charge in [0.05, 0.1) is 18.6 Å². The molecule has 3 aliphatic heterocycles. The van der Waals surface area contributed by atoms with E-state index in [1.54, 1.807) is 7.11 Å². The van der Waals surface area contributed by atoms with Crippen LogP contribution in [0.25, 0.3) is 0 Å². The van der Waals surface area contributed by atoms with Crippen LogP contribution in [0.15, 0.2) is 0 Å². The number of rotatable bonds is 5. The van der Waals surface area contributed by atoms with Crippen LogP contribution < -0.4 is 0 Å². The Morgan fingerprint density at radius 2 is 1.80 bits per heavy atom. The Balaban J connectivity index is 1.56. The number of nitrogens with zero attached hydrogens (tertiary/aromatic N) is 3. The minimum atomic E-state index is -0.333. The number of amides is 2. The average molecular weight is 351 g/mol. The molecule has 3 aliphatic rings. The molecule has 3 rings (SSSR count). The van der Waals surface area contributed by atoms with Gasteiger partial charge in [-0.3, -0.25) is 14.5 Å². The van der Waals surface area contributed by atoms with Crippen LogP contribution in [0.1, 0.15) is 44.9 Å². The molecule has 0 aromatic heterocycles. The lowest BCUT2D eigenvalue weighted by molar-refractivity contribution is -0.146. The number of hydrogen-bond donors (Lipinski definition) is 0. The highest BCUT2D eigenvalue weighted by Crippen LogP contribution is 2.40. The second kappa shape index (κ2) is 8.49. The van der Waals surface area contributed by atoms with Crippen molar-refractivity contribution in [3.63, 3.8) is 0 Å². The van der Waals surface area contributed by atoms with E-state index in [2.05, 4.69) is 4.90 Å². The summed E-state index contributed by atoms with van der Waals surface area (Å²) in [5, 5.41) is 0. The van der Waals surface area contributed by atoms with E-state index in [9.17, 15) is 9.59 Å². The van der Waals surface area contributed by atoms with Crippen molar-refractivity contribution in [1.82, 2.24) is 14.7 Å². The summed E-state index contributed by atoms with van der Waals surface area (Å²) in [5.74, 6) is 0.446. The summed E-state index contributed by atoms with van der Waals surface area (Å²) < 4.78 is 5.13. The van der Waals surface area contributed by atoms with Crippen molar-refractivity contribution in [2.75, 3.05) is 59.5 Å². The second-order valence-corrected chi connectivity index (χ2v) is 7.92. The molecule has 0 bridgehead atoms. The number of methoxy groups -OCH3 is 1. The topological polar surface area (TPSA) is 53.1 Å². The third-order valence-corrected chi connectivity index (χ3v) is 6.15. The number of carbonyl (C=O) groups is 2. The van der Waals surface area contributed by atoms with Gasteiger partial charge in [-0.1, -0.05) is 12.8 Å². The molecule has 142 valence electrons. The van der Waals surface area contributed by atoms with Crippen LogP contribution in [0.4, 0.5) is 0 Å². The van der Waals surface area contributed by atoms with Crippen molar-refractivity contribution in [3.8, 4) is 0 Å². The number of likely N-dealkylation sites (tertiary alicyclic amines) is 3. The van der Waals surface area contributed by atoms with Gasteiger partial charge in [0, 0.05) is 33.3 Å². The predicted molar refractivity (Wildman–Crippen MR) is 96.2 cm³/mol. The molecule has 0 radical (unpaired) electrons. The van der Waals surface area contributed by atoms with Gasteiger partial charge in [0.1, 0.15) is 0 Å². The highest BCUT2D eigenvalue weighted by Gasteiger charge is 2.49. The van der Waals surface area contributed by atoms with Gasteiger partial charge in [-0.05, 0) is 45.2 Å². The van der Waals surface area contributed by atoms with Gasteiger partial charge < -0.3 is 14.5 Å². The van der Waals surface area contributed by atoms with Gasteiger partial charge in [-0.2, -0.15) is 0 Å². The Morgan fingerprint density at radius 3 is 2.52 bits per heavy atom. The monoisotopic (exact) mass is 351 g/mol. The fourth-order valence-corrected chi connectivity index (χ4v) is 4.62. The van der Waals surface area contributed by atoms with Crippen molar-refractivity contribution in [2.45, 2.75) is 44.9 Å². The lowest BCUT2D eigenvalue weighted by Crippen LogP contribution is -2.51. The first-order chi connectivity index (χ1) is 12.1. The summed E-state index contributed by atoms with van der Waals surface area (Å²) in [4.78, 5) is 31.9. The smallest absolute Gasteiger partial charge is 0.236 e. The first-order valence-corrected chi connectivity index (χ1v) is 9.93. The highest BCUT2D eigenvalue weighted by atomic mass is 16.5. The molecule has 3 fully saturated rings. The molecule has 1 spiro atoms. The molecule has 0 aromatic carbocycles. The summed E-state index contributed by atoms with van der Waals surface area (Å²) in [6.45, 7) is 6.02. The minimum Gasteiger partial charge on any atom is -0.383 e. The van der Waals surface area contributed by atoms with Crippen molar-refractivity contribution in [3.05, 3.63) is 0 Å². The summed E-state index contributed by atoms with van der Waals surface area (Å²) in [6, 6.07) is 0. The zero-order chi connectivity index (χ0) is 17.7. The van der Waals surface area contributed by atoms with Crippen molar-refractivity contribution < 1.29 is 14.3 Å². The SMILES string of the molecule is COCCN1CCC[C@@]2(CCN(C(=O)CN3CCCCCC3)C2)C1=O. The second-order valence-electron chi connectivity index (χ2n) is 7.92. The number of carbonyl (C=O) groups excluding carboxylic acids is 2. The molecule has 0 saturated carbocycles. The van der Waals surface area contributed by atoms with Gasteiger partial charge in [0.15, 0.2) is 0 Å². The molecule has 25 heavy (non-hydrogen) atoms. The van der Waals surface area contributed by atoms with E-state index in [4.69, 9.17) is 4.74 Å². The molecule has 6 heteroatoms. The highest BCUT2D eigenvalue weighted by molar-refractivity contribution is 5.86. The molecular formula is C19H33N3O3. The van der Waals surface area contributed by atoms with Crippen LogP contribution in [-0.2, 0) is 14.3 Å². The van der Waals surface area contributed by atoms with Gasteiger partial charge in [-0.25, -0.2) is 0 Å². The van der Waals surface area contributed by atoms with Crippen molar-refractivity contribution in [2.24, 2.45) is 5.41 Å². The van der Waals surface area contributed by atoms with Gasteiger partial charge in [0.2, 0.25) is 11.8 Å². The Morgan fingerprint density at radius 1 is 1.04 bits per heavy atom. The van der Waals surface area contributed by atoms with E-state index >= 15 is 0 Å². The lowest BCUT2D eigenvalue weighted by atomic mass is 9.78. The average Bonchev–Trinajstić information content (AvgIpc) is 2.87. The number of piperidine rings is 1. The van der Waals surface area contributed by atoms with Crippen LogP contribution in [0.2, 0.25) is 0 Å². The summed E-state index contributed by atoms with van der Waals surface area (Å²) >= 11 is 0. The molecule has 0 N–H and O–H groups in total. The predicted octanol–water partition coefficient (Wildman–Crippen LogP) is 1.35. The normalized spacial score (nSPS) is 28.6. The fraction of sp³-hybridized carbons (Fsp3) is 0.895. The zero-order valence-corrected chi connectivity index (χ0v) is 15.7. The van der Waals surface area contributed by atoms with Crippen LogP contribution in [0.3, 0.4) is 0 Å². The van der Waals surface area contributed by atoms with Crippen LogP contribution in [0.5, 0.6) is 0 Å². The molecule has 0 unspecified atom stereocenters. The van der Waals surface area contributed by atoms with Crippen molar-refractivity contribution in [1.29, 1.82) is 0 Å². The molecule has 1 atom stereocenters. The lowest BCUT2D eigenvalue weighted by Gasteiger charge is -2.39. The maximum Gasteiger partial charge on any atom is 0.236 e. The Hall–Kier alpha value is -1.14. The third kappa shape index (κ3) is 4.34. The van der Waals surface area contributed by atoms with E-state index in [-0.39, 0.29) is 17.2 Å². The Bertz CT molecular complexity index is 477. The maximum absolute atomic E-state index is 13.0. The summed E-state index contributed by atoms with van der Waals surface area (Å²) in [5.41, 5.74) is -0.333. The van der Waals surface area contributed by atoms with E-state index in [1.807, 2.05) is 9.80 Å². The van der Waals surface area contributed by atoms with E-state index in [1.165, 1.54) is 25.7 Å². The summed E-state index contributed by atoms with van der Waals surface area (Å²) in [7, 11) is 1.67. The molecule has 2 amide bonds. The van der Waals surface area contributed by atoms with Crippen LogP contribution >= 0.6 is 0 Å². The number of ether oxygens (including phenoxy) is 1. The van der Waals surface area contributed by atoms with E-state index in [0.29, 0.717) is 26.2 Å². The fourth-order valence-electron chi connectivity index (χ4n) is 4.62. The molecule has 0 aliphatic carbocycles. The van der Waals surface area contributed by atoms with E-state index in [0.717, 1.165) is 45.4 Å². The standard InChI is InChI=1S/C19H33N3O3/c1-25-14-13-21-11-6-7-19(18(21)24)8-12-22(16-19)17(23)15-20-9-4-2-3-5-10-20/h2-16H2,1H3/t19-/m0/s1. The van der Waals surface area contributed by atoms with Gasteiger partial charge in [0.25, 0.3) is 0 Å². The number of hydrogen-bond acceptors (Lipinski definition) is 4. The van der Waals surface area contributed by atoms with Gasteiger partial charge in [-0.15, -0.1) is 0 Å². The van der Waals surface area contributed by atoms with E-state index < -0.39 is 0 Å². The summed E-state index contributed by atoms with van der Waals surface area (Å²) in [6.07, 6.45) is 7.73. The van der Waals surface area contributed by atoms with Gasteiger partial charge >= 0.3 is 0 Å². The molecule has 0 aromatic rings. The first kappa shape index (κ1) is 18.6. The molecule has 3 heterocycles. The largest absolute Gasteiger partial charge is 0.383 e. The Kier molecular flexibility index (Phi) is 6.34. The third-order valence-electron chi connectivity index (χ3n) is 6.15. The van der Waals surface area contributed by atoms with Crippen LogP contribution in [0, 0.1) is 5.41 Å². The maximum atomic E-state index is 13.0. The van der Waals surface area contributed by atoms with Crippen molar-refractivity contribution >= 4 is 11.8 Å². The molecule has 6 nitrogen and oxygen atoms in total. The Labute approximate surface area is 151 Å². The first-order valence-electron chi connectivity index (χ1n) is 9.93. The molecular weight excluding hydrogens is 318 g/mol.